The number of anilines is 1. The summed E-state index contributed by atoms with van der Waals surface area (Å²) in [5.74, 6) is 1.66. The summed E-state index contributed by atoms with van der Waals surface area (Å²) in [4.78, 5) is 11.3. The van der Waals surface area contributed by atoms with Crippen molar-refractivity contribution in [3.8, 4) is 0 Å². The Balaban J connectivity index is 1.55. The lowest BCUT2D eigenvalue weighted by atomic mass is 10.1. The van der Waals surface area contributed by atoms with E-state index in [-0.39, 0.29) is 0 Å². The summed E-state index contributed by atoms with van der Waals surface area (Å²) < 4.78 is 5.76. The molecule has 0 atom stereocenters. The number of hydrogen-bond donors (Lipinski definition) is 1. The van der Waals surface area contributed by atoms with Crippen LogP contribution in [0.15, 0.2) is 23.2 Å². The molecule has 0 unspecified atom stereocenters. The number of aliphatic imine (C=N–C) groups is 1. The number of halogens is 1. The van der Waals surface area contributed by atoms with E-state index in [1.54, 1.807) is 0 Å². The molecule has 1 saturated heterocycles. The number of benzene rings is 1. The summed E-state index contributed by atoms with van der Waals surface area (Å²) in [6.45, 7) is 7.30. The van der Waals surface area contributed by atoms with Crippen molar-refractivity contribution in [3.63, 3.8) is 0 Å². The Bertz CT molecular complexity index is 656. The third kappa shape index (κ3) is 6.00. The molecule has 1 aliphatic carbocycles. The highest BCUT2D eigenvalue weighted by atomic mass is 35.5. The van der Waals surface area contributed by atoms with E-state index in [1.165, 1.54) is 18.5 Å². The third-order valence-corrected chi connectivity index (χ3v) is 5.91. The molecule has 0 spiro atoms. The molecule has 1 saturated carbocycles. The summed E-state index contributed by atoms with van der Waals surface area (Å²) in [6, 6.07) is 6.18. The van der Waals surface area contributed by atoms with Gasteiger partial charge in [0, 0.05) is 76.2 Å². The highest BCUT2D eigenvalue weighted by Crippen LogP contribution is 2.29. The van der Waals surface area contributed by atoms with Crippen molar-refractivity contribution in [2.45, 2.75) is 19.4 Å². The standard InChI is InChI=1S/C21H34ClN5O/c1-23-21(26(3)13-14-28-16-17-7-8-17)24-15-18-19(22)5-4-6-20(18)27-11-9-25(2)10-12-27/h4-6,17H,7-16H2,1-3H3,(H,23,24). The van der Waals surface area contributed by atoms with Gasteiger partial charge in [-0.2, -0.15) is 0 Å². The zero-order chi connectivity index (χ0) is 19.9. The minimum Gasteiger partial charge on any atom is -0.379 e. The Labute approximate surface area is 174 Å². The molecule has 1 N–H and O–H groups in total. The number of guanidine groups is 1. The van der Waals surface area contributed by atoms with Crippen LogP contribution in [0.4, 0.5) is 5.69 Å². The summed E-state index contributed by atoms with van der Waals surface area (Å²) in [5, 5.41) is 4.28. The second kappa shape index (κ2) is 10.3. The van der Waals surface area contributed by atoms with Crippen LogP contribution in [0, 0.1) is 5.92 Å². The van der Waals surface area contributed by atoms with Crippen molar-refractivity contribution in [1.29, 1.82) is 0 Å². The quantitative estimate of drug-likeness (QED) is 0.407. The fourth-order valence-corrected chi connectivity index (χ4v) is 3.70. The minimum absolute atomic E-state index is 0.654. The van der Waals surface area contributed by atoms with Gasteiger partial charge in [-0.05, 0) is 37.9 Å². The summed E-state index contributed by atoms with van der Waals surface area (Å²) in [7, 11) is 6.04. The van der Waals surface area contributed by atoms with Gasteiger partial charge >= 0.3 is 0 Å². The van der Waals surface area contributed by atoms with Crippen molar-refractivity contribution in [2.75, 3.05) is 72.0 Å². The van der Waals surface area contributed by atoms with Crippen molar-refractivity contribution in [3.05, 3.63) is 28.8 Å². The molecular formula is C21H34ClN5O. The lowest BCUT2D eigenvalue weighted by Crippen LogP contribution is -2.45. The molecule has 1 aromatic rings. The van der Waals surface area contributed by atoms with E-state index >= 15 is 0 Å². The average Bonchev–Trinajstić information content (AvgIpc) is 3.52. The third-order valence-electron chi connectivity index (χ3n) is 5.56. The van der Waals surface area contributed by atoms with Crippen LogP contribution >= 0.6 is 11.6 Å². The van der Waals surface area contributed by atoms with Gasteiger partial charge in [-0.15, -0.1) is 0 Å². The topological polar surface area (TPSA) is 43.3 Å². The molecule has 28 heavy (non-hydrogen) atoms. The van der Waals surface area contributed by atoms with Crippen LogP contribution in [-0.4, -0.2) is 82.8 Å². The molecule has 0 bridgehead atoms. The highest BCUT2D eigenvalue weighted by Gasteiger charge is 2.21. The van der Waals surface area contributed by atoms with Gasteiger partial charge in [-0.1, -0.05) is 17.7 Å². The van der Waals surface area contributed by atoms with Crippen molar-refractivity contribution < 1.29 is 4.74 Å². The maximum absolute atomic E-state index is 6.57. The van der Waals surface area contributed by atoms with Gasteiger partial charge in [0.05, 0.1) is 6.61 Å². The van der Waals surface area contributed by atoms with E-state index in [1.807, 2.05) is 26.2 Å². The number of nitrogens with zero attached hydrogens (tertiary/aromatic N) is 4. The van der Waals surface area contributed by atoms with Crippen LogP contribution in [0.3, 0.4) is 0 Å². The Morgan fingerprint density at radius 3 is 2.71 bits per heavy atom. The fourth-order valence-electron chi connectivity index (χ4n) is 3.46. The van der Waals surface area contributed by atoms with Gasteiger partial charge in [0.25, 0.3) is 0 Å². The first-order chi connectivity index (χ1) is 13.6. The van der Waals surface area contributed by atoms with Gasteiger partial charge in [0.1, 0.15) is 0 Å². The van der Waals surface area contributed by atoms with Gasteiger partial charge in [-0.3, -0.25) is 4.99 Å². The second-order valence-corrected chi connectivity index (χ2v) is 8.28. The Morgan fingerprint density at radius 2 is 2.04 bits per heavy atom. The predicted octanol–water partition coefficient (Wildman–Crippen LogP) is 2.53. The number of piperazine rings is 1. The van der Waals surface area contributed by atoms with Gasteiger partial charge < -0.3 is 24.8 Å². The number of hydrogen-bond acceptors (Lipinski definition) is 4. The van der Waals surface area contributed by atoms with Gasteiger partial charge in [0.15, 0.2) is 5.96 Å². The molecule has 7 heteroatoms. The van der Waals surface area contributed by atoms with Crippen LogP contribution in [0.1, 0.15) is 18.4 Å². The molecule has 2 fully saturated rings. The lowest BCUT2D eigenvalue weighted by molar-refractivity contribution is 0.115. The van der Waals surface area contributed by atoms with E-state index < -0.39 is 0 Å². The van der Waals surface area contributed by atoms with Crippen molar-refractivity contribution in [2.24, 2.45) is 10.9 Å². The van der Waals surface area contributed by atoms with Gasteiger partial charge in [0.2, 0.25) is 0 Å². The monoisotopic (exact) mass is 407 g/mol. The normalized spacial score (nSPS) is 18.4. The Kier molecular flexibility index (Phi) is 7.82. The second-order valence-electron chi connectivity index (χ2n) is 7.87. The van der Waals surface area contributed by atoms with Crippen LogP contribution in [-0.2, 0) is 11.3 Å². The average molecular weight is 408 g/mol. The number of ether oxygens (including phenoxy) is 1. The summed E-state index contributed by atoms with van der Waals surface area (Å²) >= 11 is 6.57. The van der Waals surface area contributed by atoms with Crippen molar-refractivity contribution >= 4 is 23.2 Å². The van der Waals surface area contributed by atoms with Crippen molar-refractivity contribution in [1.82, 2.24) is 15.1 Å². The molecule has 6 nitrogen and oxygen atoms in total. The maximum atomic E-state index is 6.57. The molecule has 1 heterocycles. The summed E-state index contributed by atoms with van der Waals surface area (Å²) in [6.07, 6.45) is 2.65. The van der Waals surface area contributed by atoms with E-state index in [0.29, 0.717) is 6.54 Å². The Hall–Kier alpha value is -1.50. The van der Waals surface area contributed by atoms with Crippen LogP contribution in [0.25, 0.3) is 0 Å². The summed E-state index contributed by atoms with van der Waals surface area (Å²) in [5.41, 5.74) is 2.35. The molecule has 3 rings (SSSR count). The molecule has 1 aromatic carbocycles. The highest BCUT2D eigenvalue weighted by molar-refractivity contribution is 6.31. The van der Waals surface area contributed by atoms with E-state index in [2.05, 4.69) is 38.1 Å². The molecular weight excluding hydrogens is 374 g/mol. The first-order valence-electron chi connectivity index (χ1n) is 10.3. The zero-order valence-corrected chi connectivity index (χ0v) is 18.2. The minimum atomic E-state index is 0.654. The smallest absolute Gasteiger partial charge is 0.193 e. The molecule has 2 aliphatic rings. The van der Waals surface area contributed by atoms with E-state index in [0.717, 1.165) is 68.4 Å². The first-order valence-corrected chi connectivity index (χ1v) is 10.7. The number of rotatable bonds is 8. The molecule has 1 aliphatic heterocycles. The van der Waals surface area contributed by atoms with E-state index in [9.17, 15) is 0 Å². The Morgan fingerprint density at radius 1 is 1.29 bits per heavy atom. The number of likely N-dealkylation sites (N-methyl/N-ethyl adjacent to an activating group) is 2. The zero-order valence-electron chi connectivity index (χ0n) is 17.5. The molecule has 156 valence electrons. The molecule has 0 radical (unpaired) electrons. The number of nitrogens with one attached hydrogen (secondary N) is 1. The first kappa shape index (κ1) is 21.2. The SMILES string of the molecule is CN=C(NCc1c(Cl)cccc1N1CCN(C)CC1)N(C)CCOCC1CC1. The largest absolute Gasteiger partial charge is 0.379 e. The van der Waals surface area contributed by atoms with E-state index in [4.69, 9.17) is 16.3 Å². The molecule has 0 aromatic heterocycles. The fraction of sp³-hybridized carbons (Fsp3) is 0.667. The van der Waals surface area contributed by atoms with Crippen LogP contribution in [0.2, 0.25) is 5.02 Å². The molecule has 0 amide bonds. The lowest BCUT2D eigenvalue weighted by Gasteiger charge is -2.35. The predicted molar refractivity (Wildman–Crippen MR) is 118 cm³/mol. The van der Waals surface area contributed by atoms with Crippen LogP contribution in [0.5, 0.6) is 0 Å². The van der Waals surface area contributed by atoms with Gasteiger partial charge in [-0.25, -0.2) is 0 Å². The van der Waals surface area contributed by atoms with Crippen LogP contribution < -0.4 is 10.2 Å². The maximum Gasteiger partial charge on any atom is 0.193 e.